The Morgan fingerprint density at radius 2 is 0.577 bits per heavy atom. The molecule has 78 heavy (non-hydrogen) atoms. The topological polar surface area (TPSA) is 35.6 Å². The van der Waals surface area contributed by atoms with E-state index in [1.807, 2.05) is 0 Å². The van der Waals surface area contributed by atoms with E-state index in [4.69, 9.17) is 9.97 Å². The van der Waals surface area contributed by atoms with Crippen LogP contribution in [-0.4, -0.2) is 19.1 Å². The average molecular weight is 1030 g/mol. The van der Waals surface area contributed by atoms with Crippen LogP contribution in [0.25, 0.3) is 152 Å². The molecule has 364 valence electrons. The molecule has 4 nitrogen and oxygen atoms in total. The van der Waals surface area contributed by atoms with Gasteiger partial charge in [0.2, 0.25) is 0 Å². The molecular formula is C72H44N4S2. The zero-order valence-electron chi connectivity index (χ0n) is 42.0. The predicted octanol–water partition coefficient (Wildman–Crippen LogP) is 20.3. The van der Waals surface area contributed by atoms with Gasteiger partial charge in [0.25, 0.3) is 0 Å². The maximum absolute atomic E-state index is 5.08. The number of benzene rings is 12. The van der Waals surface area contributed by atoms with Crippen LogP contribution in [-0.2, 0) is 0 Å². The van der Waals surface area contributed by atoms with Gasteiger partial charge < -0.3 is 9.13 Å². The van der Waals surface area contributed by atoms with Crippen molar-refractivity contribution in [3.05, 3.63) is 267 Å². The molecule has 0 aliphatic carbocycles. The fourth-order valence-electron chi connectivity index (χ4n) is 12.3. The van der Waals surface area contributed by atoms with E-state index >= 15 is 0 Å². The standard InChI is InChI=1S/C72H44N4S2/c1-5-21-45(22-6-1)61-65-63-53-29-13-16-32-56(53)70-66(62(46-23-7-2-8-24-46)68(48-27-11-4-12-28-48)76(70)52-43-39-50(40-44-52)72-74-58-34-18-20-36-60(58)78-72)64(63)54-30-14-15-31-55(54)69(65)75(67(61)47-25-9-3-10-26-47)51-41-37-49(38-42-51)71-73-57-33-17-19-35-59(57)77-71/h1-44H. The van der Waals surface area contributed by atoms with E-state index in [0.29, 0.717) is 0 Å². The molecule has 6 heteroatoms. The summed E-state index contributed by atoms with van der Waals surface area (Å²) in [6.07, 6.45) is 0. The number of nitrogens with zero attached hydrogens (tertiary/aromatic N) is 4. The fourth-order valence-corrected chi connectivity index (χ4v) is 14.2. The largest absolute Gasteiger partial charge is 0.308 e. The SMILES string of the molecule is c1ccc(-c2c(-c3ccccc3)n(-c3ccc(-c4nc5ccccc5s4)cc3)c3c4ccccc4c4c5c(-c6ccccc6)c(-c6ccccc6)n(-c6ccc(-c7nc8ccccc8s7)cc6)c5c5ccccc5c4c23)cc1. The van der Waals surface area contributed by atoms with Gasteiger partial charge >= 0.3 is 0 Å². The maximum Gasteiger partial charge on any atom is 0.124 e. The van der Waals surface area contributed by atoms with Crippen molar-refractivity contribution < 1.29 is 0 Å². The molecule has 0 amide bonds. The lowest BCUT2D eigenvalue weighted by atomic mass is 9.86. The molecule has 16 aromatic rings. The van der Waals surface area contributed by atoms with Gasteiger partial charge in [0.05, 0.1) is 42.9 Å². The van der Waals surface area contributed by atoms with Gasteiger partial charge in [-0.2, -0.15) is 0 Å². The molecule has 16 rings (SSSR count). The van der Waals surface area contributed by atoms with E-state index in [1.165, 1.54) is 74.6 Å². The van der Waals surface area contributed by atoms with Crippen LogP contribution >= 0.6 is 22.7 Å². The highest BCUT2D eigenvalue weighted by molar-refractivity contribution is 7.22. The van der Waals surface area contributed by atoms with Crippen molar-refractivity contribution in [3.63, 3.8) is 0 Å². The Morgan fingerprint density at radius 1 is 0.256 bits per heavy atom. The van der Waals surface area contributed by atoms with Crippen LogP contribution in [0, 0.1) is 0 Å². The molecule has 0 atom stereocenters. The molecule has 0 fully saturated rings. The zero-order valence-corrected chi connectivity index (χ0v) is 43.6. The van der Waals surface area contributed by atoms with Crippen molar-refractivity contribution >= 4 is 97.2 Å². The molecule has 0 spiro atoms. The van der Waals surface area contributed by atoms with Crippen LogP contribution in [0.4, 0.5) is 0 Å². The fraction of sp³-hybridized carbons (Fsp3) is 0. The van der Waals surface area contributed by atoms with E-state index in [2.05, 4.69) is 276 Å². The van der Waals surface area contributed by atoms with Gasteiger partial charge in [-0.05, 0) is 106 Å². The van der Waals surface area contributed by atoms with Gasteiger partial charge in [-0.1, -0.05) is 194 Å². The Balaban J connectivity index is 1.10. The third-order valence-electron chi connectivity index (χ3n) is 15.5. The van der Waals surface area contributed by atoms with Crippen LogP contribution in [0.1, 0.15) is 0 Å². The van der Waals surface area contributed by atoms with Crippen LogP contribution in [0.15, 0.2) is 267 Å². The lowest BCUT2D eigenvalue weighted by Gasteiger charge is -2.17. The highest BCUT2D eigenvalue weighted by Crippen LogP contribution is 2.55. The predicted molar refractivity (Wildman–Crippen MR) is 332 cm³/mol. The third-order valence-corrected chi connectivity index (χ3v) is 17.7. The Bertz CT molecular complexity index is 4590. The van der Waals surface area contributed by atoms with Gasteiger partial charge in [0.1, 0.15) is 10.0 Å². The summed E-state index contributed by atoms with van der Waals surface area (Å²) in [5.74, 6) is 0. The summed E-state index contributed by atoms with van der Waals surface area (Å²) in [5.41, 5.74) is 18.0. The average Bonchev–Trinajstić information content (AvgIpc) is 4.41. The summed E-state index contributed by atoms with van der Waals surface area (Å²) in [5, 5.41) is 11.7. The number of para-hydroxylation sites is 2. The van der Waals surface area contributed by atoms with Crippen molar-refractivity contribution in [2.75, 3.05) is 0 Å². The molecule has 0 bridgehead atoms. The highest BCUT2D eigenvalue weighted by Gasteiger charge is 2.31. The second-order valence-electron chi connectivity index (χ2n) is 19.9. The number of thiazole rings is 2. The summed E-state index contributed by atoms with van der Waals surface area (Å²) in [4.78, 5) is 10.2. The van der Waals surface area contributed by atoms with E-state index in [9.17, 15) is 0 Å². The zero-order chi connectivity index (χ0) is 51.3. The molecule has 0 aliphatic rings. The van der Waals surface area contributed by atoms with E-state index < -0.39 is 0 Å². The molecule has 0 radical (unpaired) electrons. The summed E-state index contributed by atoms with van der Waals surface area (Å²) in [6, 6.07) is 97.5. The maximum atomic E-state index is 5.08. The number of rotatable bonds is 8. The summed E-state index contributed by atoms with van der Waals surface area (Å²) in [7, 11) is 0. The number of fused-ring (bicyclic) bond motifs is 13. The van der Waals surface area contributed by atoms with Crippen LogP contribution in [0.2, 0.25) is 0 Å². The first kappa shape index (κ1) is 44.6. The van der Waals surface area contributed by atoms with Gasteiger partial charge in [0, 0.05) is 65.9 Å². The van der Waals surface area contributed by atoms with Gasteiger partial charge in [-0.15, -0.1) is 22.7 Å². The Hall–Kier alpha value is -9.72. The molecule has 4 aromatic heterocycles. The lowest BCUT2D eigenvalue weighted by molar-refractivity contribution is 1.14. The molecule has 0 N–H and O–H groups in total. The number of hydrogen-bond donors (Lipinski definition) is 0. The van der Waals surface area contributed by atoms with Crippen molar-refractivity contribution in [3.8, 4) is 77.3 Å². The quantitative estimate of drug-likeness (QED) is 0.142. The first-order valence-electron chi connectivity index (χ1n) is 26.4. The molecule has 0 saturated heterocycles. The molecule has 0 aliphatic heterocycles. The van der Waals surface area contributed by atoms with Crippen molar-refractivity contribution in [2.45, 2.75) is 0 Å². The van der Waals surface area contributed by atoms with Crippen molar-refractivity contribution in [1.82, 2.24) is 19.1 Å². The Kier molecular flexibility index (Phi) is 10.3. The number of aromatic nitrogens is 4. The number of hydrogen-bond acceptors (Lipinski definition) is 4. The van der Waals surface area contributed by atoms with Crippen LogP contribution in [0.5, 0.6) is 0 Å². The first-order valence-corrected chi connectivity index (χ1v) is 28.0. The third kappa shape index (κ3) is 6.90. The summed E-state index contributed by atoms with van der Waals surface area (Å²) >= 11 is 3.48. The molecular weight excluding hydrogens is 985 g/mol. The second-order valence-corrected chi connectivity index (χ2v) is 22.0. The van der Waals surface area contributed by atoms with Gasteiger partial charge in [-0.25, -0.2) is 9.97 Å². The molecule has 0 saturated carbocycles. The minimum absolute atomic E-state index is 1.01. The highest BCUT2D eigenvalue weighted by atomic mass is 32.1. The van der Waals surface area contributed by atoms with E-state index in [-0.39, 0.29) is 0 Å². The van der Waals surface area contributed by atoms with Crippen LogP contribution in [0.3, 0.4) is 0 Å². The van der Waals surface area contributed by atoms with Crippen molar-refractivity contribution in [2.24, 2.45) is 0 Å². The molecule has 12 aromatic carbocycles. The normalized spacial score (nSPS) is 11.8. The monoisotopic (exact) mass is 1030 g/mol. The van der Waals surface area contributed by atoms with Gasteiger partial charge in [0.15, 0.2) is 0 Å². The minimum Gasteiger partial charge on any atom is -0.308 e. The Morgan fingerprint density at radius 3 is 0.949 bits per heavy atom. The first-order chi connectivity index (χ1) is 38.7. The van der Waals surface area contributed by atoms with Crippen molar-refractivity contribution in [1.29, 1.82) is 0 Å². The minimum atomic E-state index is 1.01. The Labute approximate surface area is 457 Å². The van der Waals surface area contributed by atoms with E-state index in [0.717, 1.165) is 77.2 Å². The smallest absolute Gasteiger partial charge is 0.124 e. The summed E-state index contributed by atoms with van der Waals surface area (Å²) < 4.78 is 7.49. The summed E-state index contributed by atoms with van der Waals surface area (Å²) in [6.45, 7) is 0. The van der Waals surface area contributed by atoms with E-state index in [1.54, 1.807) is 22.7 Å². The molecule has 4 heterocycles. The van der Waals surface area contributed by atoms with Gasteiger partial charge in [-0.3, -0.25) is 0 Å². The second kappa shape index (κ2) is 18.0. The van der Waals surface area contributed by atoms with Crippen LogP contribution < -0.4 is 0 Å². The molecule has 0 unspecified atom stereocenters. The lowest BCUT2D eigenvalue weighted by Crippen LogP contribution is -1.99.